The Morgan fingerprint density at radius 2 is 2.06 bits per heavy atom. The summed E-state index contributed by atoms with van der Waals surface area (Å²) in [5.41, 5.74) is 0.670. The number of benzene rings is 1. The molecule has 1 aliphatic heterocycles. The normalized spacial score (nSPS) is 18.5. The first-order valence-electron chi connectivity index (χ1n) is 6.00. The third kappa shape index (κ3) is 3.41. The standard InChI is InChI=1S/C13H17ClFNO/c14-12-3-1-2-10(13(12)15)4-7-16-8-5-11(17)6-9-16/h1-3,11,17H,4-9H2. The van der Waals surface area contributed by atoms with Crippen molar-refractivity contribution in [1.29, 1.82) is 0 Å². The lowest BCUT2D eigenvalue weighted by atomic mass is 10.1. The smallest absolute Gasteiger partial charge is 0.145 e. The second-order valence-electron chi connectivity index (χ2n) is 4.54. The molecule has 1 saturated heterocycles. The number of hydrogen-bond donors (Lipinski definition) is 1. The monoisotopic (exact) mass is 257 g/mol. The molecular weight excluding hydrogens is 241 g/mol. The summed E-state index contributed by atoms with van der Waals surface area (Å²) in [4.78, 5) is 2.26. The van der Waals surface area contributed by atoms with Gasteiger partial charge in [-0.15, -0.1) is 0 Å². The van der Waals surface area contributed by atoms with Crippen LogP contribution in [-0.2, 0) is 6.42 Å². The highest BCUT2D eigenvalue weighted by molar-refractivity contribution is 6.30. The van der Waals surface area contributed by atoms with Gasteiger partial charge in [0, 0.05) is 19.6 Å². The lowest BCUT2D eigenvalue weighted by Gasteiger charge is -2.29. The SMILES string of the molecule is OC1CCN(CCc2cccc(Cl)c2F)CC1. The van der Waals surface area contributed by atoms with Gasteiger partial charge in [0.1, 0.15) is 5.82 Å². The first-order chi connectivity index (χ1) is 8.16. The van der Waals surface area contributed by atoms with Gasteiger partial charge in [-0.3, -0.25) is 0 Å². The predicted octanol–water partition coefficient (Wildman–Crippen LogP) is 2.48. The summed E-state index contributed by atoms with van der Waals surface area (Å²) in [6.07, 6.45) is 2.15. The summed E-state index contributed by atoms with van der Waals surface area (Å²) in [7, 11) is 0. The predicted molar refractivity (Wildman–Crippen MR) is 66.8 cm³/mol. The van der Waals surface area contributed by atoms with Crippen LogP contribution in [0.3, 0.4) is 0 Å². The summed E-state index contributed by atoms with van der Waals surface area (Å²) < 4.78 is 13.6. The number of rotatable bonds is 3. The zero-order valence-electron chi connectivity index (χ0n) is 9.70. The maximum absolute atomic E-state index is 13.6. The number of halogens is 2. The Hall–Kier alpha value is -0.640. The van der Waals surface area contributed by atoms with Crippen LogP contribution in [0.1, 0.15) is 18.4 Å². The average Bonchev–Trinajstić information content (AvgIpc) is 2.33. The zero-order valence-corrected chi connectivity index (χ0v) is 10.5. The van der Waals surface area contributed by atoms with Crippen molar-refractivity contribution in [1.82, 2.24) is 4.90 Å². The summed E-state index contributed by atoms with van der Waals surface area (Å²) in [5.74, 6) is -0.300. The lowest BCUT2D eigenvalue weighted by molar-refractivity contribution is 0.0831. The molecular formula is C13H17ClFNO. The van der Waals surface area contributed by atoms with Crippen LogP contribution in [0.5, 0.6) is 0 Å². The number of nitrogens with zero attached hydrogens (tertiary/aromatic N) is 1. The van der Waals surface area contributed by atoms with E-state index in [1.165, 1.54) is 0 Å². The van der Waals surface area contributed by atoms with E-state index >= 15 is 0 Å². The van der Waals surface area contributed by atoms with Gasteiger partial charge >= 0.3 is 0 Å². The molecule has 1 fully saturated rings. The number of hydrogen-bond acceptors (Lipinski definition) is 2. The minimum absolute atomic E-state index is 0.158. The van der Waals surface area contributed by atoms with Gasteiger partial charge in [0.05, 0.1) is 11.1 Å². The highest BCUT2D eigenvalue weighted by Crippen LogP contribution is 2.19. The van der Waals surface area contributed by atoms with Gasteiger partial charge in [0.2, 0.25) is 0 Å². The second-order valence-corrected chi connectivity index (χ2v) is 4.94. The first-order valence-corrected chi connectivity index (χ1v) is 6.38. The van der Waals surface area contributed by atoms with Crippen molar-refractivity contribution in [3.8, 4) is 0 Å². The molecule has 0 saturated carbocycles. The molecule has 0 aliphatic carbocycles. The van der Waals surface area contributed by atoms with Gasteiger partial charge in [-0.1, -0.05) is 23.7 Å². The molecule has 1 aromatic rings. The summed E-state index contributed by atoms with van der Waals surface area (Å²) in [6, 6.07) is 5.12. The number of likely N-dealkylation sites (tertiary alicyclic amines) is 1. The van der Waals surface area contributed by atoms with E-state index in [1.54, 1.807) is 18.2 Å². The van der Waals surface area contributed by atoms with E-state index in [2.05, 4.69) is 4.90 Å². The maximum Gasteiger partial charge on any atom is 0.145 e. The van der Waals surface area contributed by atoms with Crippen LogP contribution >= 0.6 is 11.6 Å². The van der Waals surface area contributed by atoms with Crippen molar-refractivity contribution in [2.75, 3.05) is 19.6 Å². The van der Waals surface area contributed by atoms with Gasteiger partial charge < -0.3 is 10.0 Å². The molecule has 1 heterocycles. The van der Waals surface area contributed by atoms with Crippen LogP contribution in [0.4, 0.5) is 4.39 Å². The molecule has 17 heavy (non-hydrogen) atoms. The van der Waals surface area contributed by atoms with Crippen molar-refractivity contribution in [2.45, 2.75) is 25.4 Å². The van der Waals surface area contributed by atoms with Gasteiger partial charge in [-0.25, -0.2) is 4.39 Å². The molecule has 1 aliphatic rings. The van der Waals surface area contributed by atoms with Crippen LogP contribution in [0, 0.1) is 5.82 Å². The van der Waals surface area contributed by atoms with E-state index in [1.807, 2.05) is 0 Å². The Morgan fingerprint density at radius 3 is 2.76 bits per heavy atom. The quantitative estimate of drug-likeness (QED) is 0.899. The van der Waals surface area contributed by atoms with Crippen molar-refractivity contribution >= 4 is 11.6 Å². The Balaban J connectivity index is 1.87. The van der Waals surface area contributed by atoms with E-state index in [9.17, 15) is 9.50 Å². The van der Waals surface area contributed by atoms with Crippen molar-refractivity contribution in [3.05, 3.63) is 34.6 Å². The molecule has 2 rings (SSSR count). The number of aliphatic hydroxyl groups excluding tert-OH is 1. The molecule has 0 radical (unpaired) electrons. The fourth-order valence-electron chi connectivity index (χ4n) is 2.16. The van der Waals surface area contributed by atoms with Crippen LogP contribution in [0.15, 0.2) is 18.2 Å². The molecule has 0 spiro atoms. The van der Waals surface area contributed by atoms with Crippen molar-refractivity contribution in [3.63, 3.8) is 0 Å². The number of aliphatic hydroxyl groups is 1. The Kier molecular flexibility index (Phi) is 4.37. The Bertz CT molecular complexity index is 378. The van der Waals surface area contributed by atoms with Gasteiger partial charge in [0.15, 0.2) is 0 Å². The third-order valence-electron chi connectivity index (χ3n) is 3.29. The minimum Gasteiger partial charge on any atom is -0.393 e. The molecule has 0 bridgehead atoms. The minimum atomic E-state index is -0.300. The highest BCUT2D eigenvalue weighted by Gasteiger charge is 2.17. The summed E-state index contributed by atoms with van der Waals surface area (Å²) in [6.45, 7) is 2.61. The van der Waals surface area contributed by atoms with Gasteiger partial charge in [0.25, 0.3) is 0 Å². The van der Waals surface area contributed by atoms with E-state index in [0.717, 1.165) is 32.5 Å². The number of piperidine rings is 1. The van der Waals surface area contributed by atoms with Gasteiger partial charge in [-0.2, -0.15) is 0 Å². The molecule has 4 heteroatoms. The van der Waals surface area contributed by atoms with Gasteiger partial charge in [-0.05, 0) is 30.9 Å². The largest absolute Gasteiger partial charge is 0.393 e. The van der Waals surface area contributed by atoms with E-state index in [4.69, 9.17) is 11.6 Å². The van der Waals surface area contributed by atoms with Crippen molar-refractivity contribution < 1.29 is 9.50 Å². The summed E-state index contributed by atoms with van der Waals surface area (Å²) in [5, 5.41) is 9.58. The van der Waals surface area contributed by atoms with Crippen LogP contribution in [-0.4, -0.2) is 35.7 Å². The third-order valence-corrected chi connectivity index (χ3v) is 3.58. The molecule has 94 valence electrons. The zero-order chi connectivity index (χ0) is 12.3. The summed E-state index contributed by atoms with van der Waals surface area (Å²) >= 11 is 5.73. The molecule has 0 atom stereocenters. The van der Waals surface area contributed by atoms with Crippen LogP contribution in [0.2, 0.25) is 5.02 Å². The van der Waals surface area contributed by atoms with E-state index < -0.39 is 0 Å². The van der Waals surface area contributed by atoms with Crippen molar-refractivity contribution in [2.24, 2.45) is 0 Å². The molecule has 0 amide bonds. The molecule has 2 nitrogen and oxygen atoms in total. The second kappa shape index (κ2) is 5.80. The Labute approximate surface area is 106 Å². The van der Waals surface area contributed by atoms with Crippen LogP contribution in [0.25, 0.3) is 0 Å². The first kappa shape index (κ1) is 12.8. The van der Waals surface area contributed by atoms with E-state index in [-0.39, 0.29) is 16.9 Å². The molecule has 1 aromatic carbocycles. The Morgan fingerprint density at radius 1 is 1.35 bits per heavy atom. The molecule has 0 aromatic heterocycles. The highest BCUT2D eigenvalue weighted by atomic mass is 35.5. The fraction of sp³-hybridized carbons (Fsp3) is 0.538. The van der Waals surface area contributed by atoms with E-state index in [0.29, 0.717) is 12.0 Å². The van der Waals surface area contributed by atoms with Crippen LogP contribution < -0.4 is 0 Å². The molecule has 1 N–H and O–H groups in total. The fourth-order valence-corrected chi connectivity index (χ4v) is 2.36. The maximum atomic E-state index is 13.6. The topological polar surface area (TPSA) is 23.5 Å². The lowest BCUT2D eigenvalue weighted by Crippen LogP contribution is -2.37. The molecule has 0 unspecified atom stereocenters. The average molecular weight is 258 g/mol.